The first-order valence-corrected chi connectivity index (χ1v) is 3.41. The highest BCUT2D eigenvalue weighted by Crippen LogP contribution is 1.99. The number of aliphatic hydroxyl groups is 1. The summed E-state index contributed by atoms with van der Waals surface area (Å²) < 4.78 is 1.77. The van der Waals surface area contributed by atoms with Crippen LogP contribution in [0.2, 0.25) is 0 Å². The molecule has 0 spiro atoms. The van der Waals surface area contributed by atoms with Crippen LogP contribution >= 0.6 is 0 Å². The quantitative estimate of drug-likeness (QED) is 0.657. The van der Waals surface area contributed by atoms with E-state index in [1.165, 1.54) is 5.56 Å². The second-order valence-electron chi connectivity index (χ2n) is 2.35. The van der Waals surface area contributed by atoms with E-state index in [-0.39, 0.29) is 6.61 Å². The summed E-state index contributed by atoms with van der Waals surface area (Å²) in [6.45, 7) is 0.259. The van der Waals surface area contributed by atoms with Gasteiger partial charge in [0.25, 0.3) is 0 Å². The van der Waals surface area contributed by atoms with Gasteiger partial charge in [-0.25, -0.2) is 0 Å². The Kier molecular flexibility index (Phi) is 2.45. The molecule has 3 nitrogen and oxygen atoms in total. The van der Waals surface area contributed by atoms with Crippen molar-refractivity contribution in [1.29, 1.82) is 0 Å². The lowest BCUT2D eigenvalue weighted by molar-refractivity contribution is 0.288. The molecule has 3 heteroatoms. The van der Waals surface area contributed by atoms with Crippen LogP contribution in [0.5, 0.6) is 0 Å². The molecule has 1 aromatic rings. The summed E-state index contributed by atoms with van der Waals surface area (Å²) in [6, 6.07) is 0. The Hall–Kier alpha value is -0.830. The maximum absolute atomic E-state index is 8.51. The fourth-order valence-electron chi connectivity index (χ4n) is 0.884. The maximum Gasteiger partial charge on any atom is 0.0521 e. The number of aryl methyl sites for hydroxylation is 2. The molecule has 10 heavy (non-hydrogen) atoms. The molecule has 0 radical (unpaired) electrons. The highest BCUT2D eigenvalue weighted by atomic mass is 16.2. The molecule has 0 aliphatic heterocycles. The molecule has 0 atom stereocenters. The van der Waals surface area contributed by atoms with Crippen molar-refractivity contribution in [1.82, 2.24) is 9.78 Å². The minimum atomic E-state index is 0.259. The lowest BCUT2D eigenvalue weighted by atomic mass is 10.2. The molecule has 1 rings (SSSR count). The van der Waals surface area contributed by atoms with E-state index in [0.717, 1.165) is 12.8 Å². The third-order valence-electron chi connectivity index (χ3n) is 1.38. The first-order chi connectivity index (χ1) is 4.83. The molecule has 1 aromatic heterocycles. The predicted octanol–water partition coefficient (Wildman–Crippen LogP) is 0.345. The average molecular weight is 140 g/mol. The number of aliphatic hydroxyl groups excluding tert-OH is 1. The molecule has 0 saturated carbocycles. The standard InChI is InChI=1S/C7H12N2O/c1-9-6-7(5-8-9)3-2-4-10/h5-6,10H,2-4H2,1H3. The molecule has 0 saturated heterocycles. The van der Waals surface area contributed by atoms with Crippen LogP contribution in [0.25, 0.3) is 0 Å². The Morgan fingerprint density at radius 1 is 1.70 bits per heavy atom. The van der Waals surface area contributed by atoms with Crippen molar-refractivity contribution in [2.24, 2.45) is 7.05 Å². The molecule has 0 aliphatic rings. The molecule has 56 valence electrons. The summed E-state index contributed by atoms with van der Waals surface area (Å²) in [6.07, 6.45) is 5.54. The smallest absolute Gasteiger partial charge is 0.0521 e. The van der Waals surface area contributed by atoms with Gasteiger partial charge >= 0.3 is 0 Å². The van der Waals surface area contributed by atoms with Crippen molar-refractivity contribution in [3.8, 4) is 0 Å². The number of aromatic nitrogens is 2. The molecule has 0 fully saturated rings. The normalized spacial score (nSPS) is 10.2. The molecule has 0 unspecified atom stereocenters. The zero-order valence-electron chi connectivity index (χ0n) is 6.12. The van der Waals surface area contributed by atoms with Crippen molar-refractivity contribution < 1.29 is 5.11 Å². The number of rotatable bonds is 3. The summed E-state index contributed by atoms with van der Waals surface area (Å²) in [5, 5.41) is 12.5. The number of hydrogen-bond donors (Lipinski definition) is 1. The van der Waals surface area contributed by atoms with Crippen LogP contribution in [-0.2, 0) is 13.5 Å². The van der Waals surface area contributed by atoms with Crippen LogP contribution in [0.15, 0.2) is 12.4 Å². The molecule has 0 aromatic carbocycles. The van der Waals surface area contributed by atoms with E-state index in [1.807, 2.05) is 19.4 Å². The first kappa shape index (κ1) is 7.28. The Morgan fingerprint density at radius 2 is 2.50 bits per heavy atom. The fraction of sp³-hybridized carbons (Fsp3) is 0.571. The van der Waals surface area contributed by atoms with Crippen LogP contribution in [0, 0.1) is 0 Å². The second-order valence-corrected chi connectivity index (χ2v) is 2.35. The zero-order chi connectivity index (χ0) is 7.40. The van der Waals surface area contributed by atoms with Crippen molar-refractivity contribution in [3.63, 3.8) is 0 Å². The van der Waals surface area contributed by atoms with E-state index in [4.69, 9.17) is 5.11 Å². The summed E-state index contributed by atoms with van der Waals surface area (Å²) in [7, 11) is 1.89. The molecule has 0 bridgehead atoms. The highest BCUT2D eigenvalue weighted by Gasteiger charge is 1.93. The summed E-state index contributed by atoms with van der Waals surface area (Å²) in [5.74, 6) is 0. The van der Waals surface area contributed by atoms with Crippen LogP contribution < -0.4 is 0 Å². The Morgan fingerprint density at radius 3 is 3.00 bits per heavy atom. The lowest BCUT2D eigenvalue weighted by Crippen LogP contribution is -1.87. The van der Waals surface area contributed by atoms with Gasteiger partial charge < -0.3 is 5.11 Å². The molecule has 0 amide bonds. The third kappa shape index (κ3) is 1.84. The van der Waals surface area contributed by atoms with Crippen LogP contribution in [0.3, 0.4) is 0 Å². The first-order valence-electron chi connectivity index (χ1n) is 3.41. The van der Waals surface area contributed by atoms with Crippen molar-refractivity contribution in [2.45, 2.75) is 12.8 Å². The van der Waals surface area contributed by atoms with Gasteiger partial charge in [-0.05, 0) is 18.4 Å². The second kappa shape index (κ2) is 3.37. The van der Waals surface area contributed by atoms with E-state index in [9.17, 15) is 0 Å². The Labute approximate surface area is 60.3 Å². The Balaban J connectivity index is 2.42. The van der Waals surface area contributed by atoms with E-state index >= 15 is 0 Å². The van der Waals surface area contributed by atoms with Gasteiger partial charge in [0, 0.05) is 19.9 Å². The van der Waals surface area contributed by atoms with Gasteiger partial charge in [-0.2, -0.15) is 5.10 Å². The molecule has 1 N–H and O–H groups in total. The largest absolute Gasteiger partial charge is 0.396 e. The maximum atomic E-state index is 8.51. The van der Waals surface area contributed by atoms with Gasteiger partial charge in [0.1, 0.15) is 0 Å². The minimum Gasteiger partial charge on any atom is -0.396 e. The monoisotopic (exact) mass is 140 g/mol. The summed E-state index contributed by atoms with van der Waals surface area (Å²) in [5.41, 5.74) is 1.19. The topological polar surface area (TPSA) is 38.0 Å². The van der Waals surface area contributed by atoms with E-state index in [2.05, 4.69) is 5.10 Å². The summed E-state index contributed by atoms with van der Waals surface area (Å²) >= 11 is 0. The van der Waals surface area contributed by atoms with Crippen molar-refractivity contribution in [3.05, 3.63) is 18.0 Å². The fourth-order valence-corrected chi connectivity index (χ4v) is 0.884. The third-order valence-corrected chi connectivity index (χ3v) is 1.38. The Bertz CT molecular complexity index is 195. The average Bonchev–Trinajstić information content (AvgIpc) is 2.31. The number of hydrogen-bond acceptors (Lipinski definition) is 2. The summed E-state index contributed by atoms with van der Waals surface area (Å²) in [4.78, 5) is 0. The molecular formula is C7H12N2O. The lowest BCUT2D eigenvalue weighted by Gasteiger charge is -1.90. The van der Waals surface area contributed by atoms with E-state index in [1.54, 1.807) is 4.68 Å². The van der Waals surface area contributed by atoms with Gasteiger partial charge in [-0.3, -0.25) is 4.68 Å². The molecular weight excluding hydrogens is 128 g/mol. The van der Waals surface area contributed by atoms with Crippen molar-refractivity contribution in [2.75, 3.05) is 6.61 Å². The minimum absolute atomic E-state index is 0.259. The van der Waals surface area contributed by atoms with Gasteiger partial charge in [0.15, 0.2) is 0 Å². The zero-order valence-corrected chi connectivity index (χ0v) is 6.12. The van der Waals surface area contributed by atoms with Gasteiger partial charge in [-0.1, -0.05) is 0 Å². The van der Waals surface area contributed by atoms with Gasteiger partial charge in [0.2, 0.25) is 0 Å². The molecule has 1 heterocycles. The predicted molar refractivity (Wildman–Crippen MR) is 38.6 cm³/mol. The van der Waals surface area contributed by atoms with Gasteiger partial charge in [-0.15, -0.1) is 0 Å². The molecule has 0 aliphatic carbocycles. The highest BCUT2D eigenvalue weighted by molar-refractivity contribution is 5.03. The van der Waals surface area contributed by atoms with E-state index in [0.29, 0.717) is 0 Å². The van der Waals surface area contributed by atoms with Crippen LogP contribution in [-0.4, -0.2) is 21.5 Å². The van der Waals surface area contributed by atoms with Gasteiger partial charge in [0.05, 0.1) is 6.20 Å². The SMILES string of the molecule is Cn1cc(CCCO)cn1. The van der Waals surface area contributed by atoms with Crippen molar-refractivity contribution >= 4 is 0 Å². The van der Waals surface area contributed by atoms with Crippen LogP contribution in [0.4, 0.5) is 0 Å². The van der Waals surface area contributed by atoms with Crippen LogP contribution in [0.1, 0.15) is 12.0 Å². The number of nitrogens with zero attached hydrogens (tertiary/aromatic N) is 2. The van der Waals surface area contributed by atoms with E-state index < -0.39 is 0 Å².